The van der Waals surface area contributed by atoms with Gasteiger partial charge in [-0.1, -0.05) is 210 Å². The van der Waals surface area contributed by atoms with Crippen molar-refractivity contribution in [2.45, 2.75) is 258 Å². The van der Waals surface area contributed by atoms with Gasteiger partial charge in [-0.3, -0.25) is 14.2 Å². The number of phosphoric ester groups is 1. The molecule has 0 aromatic heterocycles. The van der Waals surface area contributed by atoms with E-state index in [1.54, 1.807) is 0 Å². The molecule has 10 heteroatoms. The molecule has 0 bridgehead atoms. The van der Waals surface area contributed by atoms with Crippen molar-refractivity contribution in [1.29, 1.82) is 0 Å². The van der Waals surface area contributed by atoms with E-state index in [-0.39, 0.29) is 18.9 Å². The second-order valence-electron chi connectivity index (χ2n) is 20.4. The van der Waals surface area contributed by atoms with Crippen molar-refractivity contribution in [3.05, 3.63) is 72.9 Å². The molecule has 0 rings (SSSR count). The van der Waals surface area contributed by atoms with Gasteiger partial charge in [0.05, 0.1) is 33.8 Å². The molecule has 1 amide bonds. The van der Waals surface area contributed by atoms with E-state index in [9.17, 15) is 19.0 Å². The topological polar surface area (TPSA) is 114 Å². The van der Waals surface area contributed by atoms with Crippen molar-refractivity contribution in [3.63, 3.8) is 0 Å². The summed E-state index contributed by atoms with van der Waals surface area (Å²) in [6.07, 6.45) is 63.0. The lowest BCUT2D eigenvalue weighted by Crippen LogP contribution is -2.47. The van der Waals surface area contributed by atoms with Gasteiger partial charge in [0.25, 0.3) is 7.82 Å². The highest BCUT2D eigenvalue weighted by atomic mass is 31.2. The number of carbonyl (C=O) groups is 2. The molecule has 1 N–H and O–H groups in total. The van der Waals surface area contributed by atoms with Crippen molar-refractivity contribution in [1.82, 2.24) is 5.32 Å². The van der Waals surface area contributed by atoms with Crippen LogP contribution in [0.25, 0.3) is 0 Å². The van der Waals surface area contributed by atoms with Gasteiger partial charge in [0, 0.05) is 12.8 Å². The molecular formula is C60H109N2O7P. The standard InChI is InChI=1S/C60H109N2O7P/c1-7-10-13-16-19-22-25-28-30-31-33-35-38-41-44-47-50-53-60(64)69-58(51-48-45-42-39-36-27-24-21-18-15-12-9-3)57(56-68-70(65,66)67-55-54-62(4,5)6)61-59(63)52-49-46-43-40-37-34-32-29-26-23-20-17-14-11-8-2/h19,22-23,26,28,30,33,35,41,44,48,51,57-58H,7-18,20-21,24-25,27,29,31-32,34,36-40,42-43,45-47,49-50,52-56H2,1-6H3,(H-,61,63,65,66)/b22-19-,26-23-,30-28-,35-33-,44-41-,51-48+. The molecule has 0 spiro atoms. The SMILES string of the molecule is CCCCC/C=C\C/C=C\C/C=C\C/C=C\CCCC(=O)OC(/C=C/CCCCCCCCCCCC)C(COP(=O)([O-])OCC[N+](C)(C)C)NC(=O)CCCCCCCCC/C=C\CCCCCC. The maximum Gasteiger partial charge on any atom is 0.306 e. The van der Waals surface area contributed by atoms with E-state index in [1.807, 2.05) is 33.3 Å². The van der Waals surface area contributed by atoms with E-state index in [0.717, 1.165) is 77.0 Å². The smallest absolute Gasteiger partial charge is 0.306 e. The molecule has 0 aliphatic heterocycles. The average Bonchev–Trinajstić information content (AvgIpc) is 3.32. The van der Waals surface area contributed by atoms with Gasteiger partial charge in [-0.25, -0.2) is 0 Å². The predicted octanol–water partition coefficient (Wildman–Crippen LogP) is 16.6. The van der Waals surface area contributed by atoms with Crippen molar-refractivity contribution in [3.8, 4) is 0 Å². The molecule has 0 aromatic carbocycles. The van der Waals surface area contributed by atoms with Gasteiger partial charge in [-0.2, -0.15) is 0 Å². The number of nitrogens with zero attached hydrogens (tertiary/aromatic N) is 1. The third-order valence-electron chi connectivity index (χ3n) is 12.4. The van der Waals surface area contributed by atoms with E-state index in [2.05, 4.69) is 86.8 Å². The highest BCUT2D eigenvalue weighted by Gasteiger charge is 2.27. The number of hydrogen-bond donors (Lipinski definition) is 1. The molecule has 3 unspecified atom stereocenters. The quantitative estimate of drug-likeness (QED) is 0.0212. The number of amides is 1. The molecule has 3 atom stereocenters. The normalized spacial score (nSPS) is 14.3. The third kappa shape index (κ3) is 50.4. The van der Waals surface area contributed by atoms with E-state index >= 15 is 0 Å². The Labute approximate surface area is 432 Å². The van der Waals surface area contributed by atoms with Crippen LogP contribution in [0.2, 0.25) is 0 Å². The first-order valence-corrected chi connectivity index (χ1v) is 30.2. The molecule has 0 aliphatic carbocycles. The second kappa shape index (κ2) is 50.0. The molecule has 0 fully saturated rings. The Bertz CT molecular complexity index is 1430. The van der Waals surface area contributed by atoms with E-state index < -0.39 is 32.5 Å². The highest BCUT2D eigenvalue weighted by molar-refractivity contribution is 7.45. The fourth-order valence-corrected chi connectivity index (χ4v) is 8.58. The summed E-state index contributed by atoms with van der Waals surface area (Å²) in [4.78, 5) is 39.8. The first kappa shape index (κ1) is 67.5. The zero-order valence-corrected chi connectivity index (χ0v) is 47.1. The Morgan fingerprint density at radius 2 is 0.886 bits per heavy atom. The first-order valence-electron chi connectivity index (χ1n) is 28.7. The van der Waals surface area contributed by atoms with Crippen LogP contribution in [0.4, 0.5) is 0 Å². The molecule has 406 valence electrons. The molecule has 9 nitrogen and oxygen atoms in total. The van der Waals surface area contributed by atoms with Crippen LogP contribution in [0.3, 0.4) is 0 Å². The van der Waals surface area contributed by atoms with Crippen molar-refractivity contribution in [2.24, 2.45) is 0 Å². The van der Waals surface area contributed by atoms with Gasteiger partial charge < -0.3 is 28.5 Å². The minimum Gasteiger partial charge on any atom is -0.756 e. The maximum absolute atomic E-state index is 13.5. The Balaban J connectivity index is 5.45. The maximum atomic E-state index is 13.5. The minimum absolute atomic E-state index is 0.0336. The number of unbranched alkanes of at least 4 members (excludes halogenated alkanes) is 25. The second-order valence-corrected chi connectivity index (χ2v) is 21.8. The Hall–Kier alpha value is -2.55. The number of carbonyl (C=O) groups excluding carboxylic acids is 2. The summed E-state index contributed by atoms with van der Waals surface area (Å²) in [7, 11) is 1.15. The van der Waals surface area contributed by atoms with Crippen molar-refractivity contribution < 1.29 is 37.3 Å². The summed E-state index contributed by atoms with van der Waals surface area (Å²) in [5.74, 6) is -0.613. The number of rotatable bonds is 51. The molecule has 0 aliphatic rings. The van der Waals surface area contributed by atoms with Crippen LogP contribution in [-0.2, 0) is 27.9 Å². The fraction of sp³-hybridized carbons (Fsp3) is 0.767. The Morgan fingerprint density at radius 1 is 0.500 bits per heavy atom. The summed E-state index contributed by atoms with van der Waals surface area (Å²) < 4.78 is 30.2. The lowest BCUT2D eigenvalue weighted by atomic mass is 10.0. The molecular weight excluding hydrogens is 892 g/mol. The van der Waals surface area contributed by atoms with Crippen LogP contribution < -0.4 is 10.2 Å². The van der Waals surface area contributed by atoms with E-state index in [1.165, 1.54) is 128 Å². The van der Waals surface area contributed by atoms with Crippen molar-refractivity contribution >= 4 is 19.7 Å². The number of nitrogens with one attached hydrogen (secondary N) is 1. The van der Waals surface area contributed by atoms with E-state index in [4.69, 9.17) is 13.8 Å². The minimum atomic E-state index is -4.71. The van der Waals surface area contributed by atoms with Gasteiger partial charge in [-0.05, 0) is 96.0 Å². The molecule has 0 saturated heterocycles. The Kier molecular flexibility index (Phi) is 48.2. The number of esters is 1. The number of phosphoric acid groups is 1. The number of hydrogen-bond acceptors (Lipinski definition) is 7. The zero-order valence-electron chi connectivity index (χ0n) is 46.2. The third-order valence-corrected chi connectivity index (χ3v) is 13.3. The summed E-state index contributed by atoms with van der Waals surface area (Å²) >= 11 is 0. The zero-order chi connectivity index (χ0) is 51.5. The predicted molar refractivity (Wildman–Crippen MR) is 298 cm³/mol. The monoisotopic (exact) mass is 1000 g/mol. The molecule has 70 heavy (non-hydrogen) atoms. The Morgan fingerprint density at radius 3 is 1.39 bits per heavy atom. The van der Waals surface area contributed by atoms with Crippen LogP contribution >= 0.6 is 7.82 Å². The summed E-state index contributed by atoms with van der Waals surface area (Å²) in [5.41, 5.74) is 0. The lowest BCUT2D eigenvalue weighted by Gasteiger charge is -2.30. The summed E-state index contributed by atoms with van der Waals surface area (Å²) in [6, 6.07) is -0.913. The number of likely N-dealkylation sites (N-methyl/N-ethyl adjacent to an activating group) is 1. The molecule has 0 aromatic rings. The van der Waals surface area contributed by atoms with Crippen LogP contribution in [0, 0.1) is 0 Å². The largest absolute Gasteiger partial charge is 0.756 e. The number of quaternary nitrogens is 1. The van der Waals surface area contributed by atoms with Crippen LogP contribution in [0.1, 0.15) is 245 Å². The summed E-state index contributed by atoms with van der Waals surface area (Å²) in [6.45, 7) is 6.75. The van der Waals surface area contributed by atoms with Gasteiger partial charge >= 0.3 is 5.97 Å². The van der Waals surface area contributed by atoms with Crippen molar-refractivity contribution in [2.75, 3.05) is 40.9 Å². The van der Waals surface area contributed by atoms with Gasteiger partial charge in [0.2, 0.25) is 5.91 Å². The van der Waals surface area contributed by atoms with Crippen LogP contribution in [0.15, 0.2) is 72.9 Å². The lowest BCUT2D eigenvalue weighted by molar-refractivity contribution is -0.870. The fourth-order valence-electron chi connectivity index (χ4n) is 7.86. The molecule has 0 saturated carbocycles. The summed E-state index contributed by atoms with van der Waals surface area (Å²) in [5, 5.41) is 3.00. The first-order chi connectivity index (χ1) is 33.9. The van der Waals surface area contributed by atoms with Gasteiger partial charge in [-0.15, -0.1) is 0 Å². The van der Waals surface area contributed by atoms with Crippen LogP contribution in [-0.4, -0.2) is 69.4 Å². The average molecular weight is 1000 g/mol. The highest BCUT2D eigenvalue weighted by Crippen LogP contribution is 2.38. The van der Waals surface area contributed by atoms with Gasteiger partial charge in [0.1, 0.15) is 19.3 Å². The molecule has 0 radical (unpaired) electrons. The van der Waals surface area contributed by atoms with Crippen LogP contribution in [0.5, 0.6) is 0 Å². The van der Waals surface area contributed by atoms with E-state index in [0.29, 0.717) is 23.9 Å². The number of ether oxygens (including phenoxy) is 1. The van der Waals surface area contributed by atoms with Gasteiger partial charge in [0.15, 0.2) is 0 Å². The molecule has 0 heterocycles. The number of allylic oxidation sites excluding steroid dienone is 11.